The second-order valence-corrected chi connectivity index (χ2v) is 14.0. The van der Waals surface area contributed by atoms with Crippen molar-refractivity contribution in [3.05, 3.63) is 157 Å². The lowest BCUT2D eigenvalue weighted by Crippen LogP contribution is -2.01. The van der Waals surface area contributed by atoms with Gasteiger partial charge in [0.25, 0.3) is 0 Å². The Balaban J connectivity index is 1.19. The molecule has 11 rings (SSSR count). The van der Waals surface area contributed by atoms with E-state index in [0.29, 0.717) is 11.4 Å². The van der Waals surface area contributed by atoms with E-state index >= 15 is 0 Å². The summed E-state index contributed by atoms with van der Waals surface area (Å²) in [5, 5.41) is 8.59. The molecule has 0 aliphatic heterocycles. The molecule has 4 heterocycles. The van der Waals surface area contributed by atoms with E-state index < -0.39 is 0 Å². The van der Waals surface area contributed by atoms with Gasteiger partial charge in [-0.05, 0) is 41.3 Å². The Morgan fingerprint density at radius 2 is 1.32 bits per heavy atom. The fourth-order valence-corrected chi connectivity index (χ4v) is 9.12. The van der Waals surface area contributed by atoms with Crippen LogP contribution in [0.25, 0.3) is 97.5 Å². The molecule has 0 unspecified atom stereocenters. The van der Waals surface area contributed by atoms with Crippen molar-refractivity contribution in [3.63, 3.8) is 0 Å². The van der Waals surface area contributed by atoms with Crippen LogP contribution in [0.15, 0.2) is 156 Å². The van der Waals surface area contributed by atoms with Crippen LogP contribution in [0.1, 0.15) is 5.56 Å². The van der Waals surface area contributed by atoms with Gasteiger partial charge < -0.3 is 8.98 Å². The molecule has 0 fully saturated rings. The molecule has 0 N–H and O–H groups in total. The Hall–Kier alpha value is -6.30. The van der Waals surface area contributed by atoms with Gasteiger partial charge >= 0.3 is 0 Å². The Bertz CT molecular complexity index is 3130. The molecule has 0 aliphatic carbocycles. The van der Waals surface area contributed by atoms with E-state index in [1.165, 1.54) is 58.3 Å². The van der Waals surface area contributed by atoms with Crippen molar-refractivity contribution in [1.29, 1.82) is 0 Å². The molecule has 7 aromatic carbocycles. The van der Waals surface area contributed by atoms with Crippen molar-refractivity contribution in [3.8, 4) is 22.6 Å². The summed E-state index contributed by atoms with van der Waals surface area (Å²) in [4.78, 5) is 10.5. The SMILES string of the molecule is c1ccc(-c2nc(-c3ccc(Cn4c5ccccc5c5ccc6ccccc6c54)c4c3sc3ccccc34)nc3c2oc2ccccc23)cc1. The summed E-state index contributed by atoms with van der Waals surface area (Å²) in [6.45, 7) is 0.733. The first-order valence-electron chi connectivity index (χ1n) is 16.9. The number of benzene rings is 7. The quantitative estimate of drug-likeness (QED) is 0.189. The van der Waals surface area contributed by atoms with Gasteiger partial charge in [-0.15, -0.1) is 11.3 Å². The molecule has 0 saturated heterocycles. The number of thiophene rings is 1. The van der Waals surface area contributed by atoms with Gasteiger partial charge in [0.15, 0.2) is 11.4 Å². The van der Waals surface area contributed by atoms with Crippen molar-refractivity contribution in [2.24, 2.45) is 0 Å². The normalized spacial score (nSPS) is 12.1. The first-order valence-corrected chi connectivity index (χ1v) is 17.7. The molecule has 50 heavy (non-hydrogen) atoms. The molecule has 234 valence electrons. The van der Waals surface area contributed by atoms with E-state index in [1.807, 2.05) is 47.7 Å². The van der Waals surface area contributed by atoms with Crippen LogP contribution >= 0.6 is 11.3 Å². The molecule has 0 aliphatic rings. The molecule has 0 bridgehead atoms. The Morgan fingerprint density at radius 3 is 2.22 bits per heavy atom. The van der Waals surface area contributed by atoms with Gasteiger partial charge in [0.05, 0.1) is 5.52 Å². The second-order valence-electron chi connectivity index (χ2n) is 12.9. The summed E-state index contributed by atoms with van der Waals surface area (Å²) in [5.74, 6) is 0.703. The average Bonchev–Trinajstić information content (AvgIpc) is 3.85. The first kappa shape index (κ1) is 27.6. The minimum absolute atomic E-state index is 0.703. The third-order valence-corrected chi connectivity index (χ3v) is 11.3. The van der Waals surface area contributed by atoms with Gasteiger partial charge in [-0.1, -0.05) is 121 Å². The van der Waals surface area contributed by atoms with Crippen LogP contribution in [0.3, 0.4) is 0 Å². The number of rotatable bonds is 4. The van der Waals surface area contributed by atoms with Gasteiger partial charge in [0, 0.05) is 64.9 Å². The summed E-state index contributed by atoms with van der Waals surface area (Å²) in [7, 11) is 0. The standard InChI is InChI=1S/C45H27N3OS/c1-2-13-28(14-3-1)40-43-41(33-17-7-10-20-37(33)49-43)47-45(46-40)35-25-23-29(39-34-18-8-11-21-38(34)50-44(35)39)26-48-36-19-9-6-16-31(36)32-24-22-27-12-4-5-15-30(27)42(32)48/h1-25H,26H2. The molecule has 4 aromatic heterocycles. The number of furan rings is 1. The molecule has 4 nitrogen and oxygen atoms in total. The van der Waals surface area contributed by atoms with Crippen LogP contribution in [0.4, 0.5) is 0 Å². The zero-order valence-electron chi connectivity index (χ0n) is 26.8. The van der Waals surface area contributed by atoms with Crippen molar-refractivity contribution in [1.82, 2.24) is 14.5 Å². The summed E-state index contributed by atoms with van der Waals surface area (Å²) in [5.41, 5.74) is 8.98. The number of aromatic nitrogens is 3. The maximum Gasteiger partial charge on any atom is 0.180 e. The van der Waals surface area contributed by atoms with E-state index in [9.17, 15) is 0 Å². The van der Waals surface area contributed by atoms with Crippen LogP contribution in [-0.2, 0) is 6.54 Å². The molecule has 0 spiro atoms. The summed E-state index contributed by atoms with van der Waals surface area (Å²) in [6, 6.07) is 53.8. The van der Waals surface area contributed by atoms with Crippen molar-refractivity contribution >= 4 is 86.2 Å². The zero-order valence-corrected chi connectivity index (χ0v) is 27.6. The lowest BCUT2D eigenvalue weighted by Gasteiger charge is -2.13. The Labute approximate surface area is 290 Å². The first-order chi connectivity index (χ1) is 24.8. The smallest absolute Gasteiger partial charge is 0.180 e. The van der Waals surface area contributed by atoms with Crippen molar-refractivity contribution in [2.75, 3.05) is 0 Å². The van der Waals surface area contributed by atoms with Crippen LogP contribution in [0.5, 0.6) is 0 Å². The van der Waals surface area contributed by atoms with Crippen LogP contribution in [0, 0.1) is 0 Å². The number of para-hydroxylation sites is 2. The monoisotopic (exact) mass is 657 g/mol. The molecule has 0 amide bonds. The third-order valence-electron chi connectivity index (χ3n) is 10.1. The highest BCUT2D eigenvalue weighted by atomic mass is 32.1. The molecular weight excluding hydrogens is 631 g/mol. The summed E-state index contributed by atoms with van der Waals surface area (Å²) in [6.07, 6.45) is 0. The predicted octanol–water partition coefficient (Wildman–Crippen LogP) is 12.4. The summed E-state index contributed by atoms with van der Waals surface area (Å²) < 4.78 is 11.4. The van der Waals surface area contributed by atoms with Crippen molar-refractivity contribution < 1.29 is 4.42 Å². The second kappa shape index (κ2) is 10.6. The Morgan fingerprint density at radius 1 is 0.580 bits per heavy atom. The van der Waals surface area contributed by atoms with Crippen molar-refractivity contribution in [2.45, 2.75) is 6.54 Å². The minimum atomic E-state index is 0.703. The Kier molecular flexibility index (Phi) is 5.86. The topological polar surface area (TPSA) is 43.9 Å². The fraction of sp³-hybridized carbons (Fsp3) is 0.0222. The average molecular weight is 658 g/mol. The molecule has 0 saturated carbocycles. The highest BCUT2D eigenvalue weighted by Crippen LogP contribution is 2.44. The van der Waals surface area contributed by atoms with E-state index in [0.717, 1.165) is 39.9 Å². The zero-order chi connectivity index (χ0) is 32.8. The number of nitrogens with zero attached hydrogens (tertiary/aromatic N) is 3. The molecule has 0 radical (unpaired) electrons. The predicted molar refractivity (Wildman–Crippen MR) is 209 cm³/mol. The number of fused-ring (bicyclic) bond motifs is 11. The lowest BCUT2D eigenvalue weighted by molar-refractivity contribution is 0.667. The lowest BCUT2D eigenvalue weighted by atomic mass is 10.0. The van der Waals surface area contributed by atoms with E-state index in [1.54, 1.807) is 0 Å². The maximum absolute atomic E-state index is 6.42. The third kappa shape index (κ3) is 3.98. The van der Waals surface area contributed by atoms with Gasteiger partial charge in [-0.2, -0.15) is 0 Å². The van der Waals surface area contributed by atoms with Crippen LogP contribution < -0.4 is 0 Å². The van der Waals surface area contributed by atoms with Gasteiger partial charge in [0.1, 0.15) is 16.8 Å². The maximum atomic E-state index is 6.42. The molecule has 5 heteroatoms. The number of hydrogen-bond donors (Lipinski definition) is 0. The molecule has 0 atom stereocenters. The summed E-state index contributed by atoms with van der Waals surface area (Å²) >= 11 is 1.82. The minimum Gasteiger partial charge on any atom is -0.452 e. The van der Waals surface area contributed by atoms with Gasteiger partial charge in [0.2, 0.25) is 0 Å². The number of hydrogen-bond acceptors (Lipinski definition) is 4. The van der Waals surface area contributed by atoms with E-state index in [-0.39, 0.29) is 0 Å². The van der Waals surface area contributed by atoms with E-state index in [2.05, 4.69) is 120 Å². The fourth-order valence-electron chi connectivity index (χ4n) is 7.86. The van der Waals surface area contributed by atoms with Crippen LogP contribution in [0.2, 0.25) is 0 Å². The van der Waals surface area contributed by atoms with Gasteiger partial charge in [-0.3, -0.25) is 0 Å². The highest BCUT2D eigenvalue weighted by molar-refractivity contribution is 7.26. The molecule has 11 aromatic rings. The van der Waals surface area contributed by atoms with Gasteiger partial charge in [-0.25, -0.2) is 9.97 Å². The van der Waals surface area contributed by atoms with E-state index in [4.69, 9.17) is 14.4 Å². The molecular formula is C45H27N3OS. The largest absolute Gasteiger partial charge is 0.452 e. The highest BCUT2D eigenvalue weighted by Gasteiger charge is 2.22. The van der Waals surface area contributed by atoms with Crippen LogP contribution in [-0.4, -0.2) is 14.5 Å².